The lowest BCUT2D eigenvalue weighted by Gasteiger charge is -2.33. The molecule has 108 valence electrons. The van der Waals surface area contributed by atoms with E-state index in [1.807, 2.05) is 38.7 Å². The second-order valence-corrected chi connectivity index (χ2v) is 5.91. The van der Waals surface area contributed by atoms with E-state index >= 15 is 0 Å². The van der Waals surface area contributed by atoms with Crippen molar-refractivity contribution in [3.8, 4) is 0 Å². The van der Waals surface area contributed by atoms with Gasteiger partial charge in [-0.25, -0.2) is 0 Å². The van der Waals surface area contributed by atoms with Gasteiger partial charge in [-0.05, 0) is 45.7 Å². The Hall–Kier alpha value is -1.39. The molecule has 0 bridgehead atoms. The first kappa shape index (κ1) is 13.6. The van der Waals surface area contributed by atoms with E-state index in [4.69, 9.17) is 9.47 Å². The summed E-state index contributed by atoms with van der Waals surface area (Å²) in [6.45, 7) is 9.22. The van der Waals surface area contributed by atoms with Crippen molar-refractivity contribution >= 4 is 11.6 Å². The van der Waals surface area contributed by atoms with E-state index in [0.717, 1.165) is 28.8 Å². The molecule has 0 atom stereocenters. The van der Waals surface area contributed by atoms with Crippen LogP contribution in [-0.4, -0.2) is 25.2 Å². The maximum absolute atomic E-state index is 12.9. The van der Waals surface area contributed by atoms with Gasteiger partial charge in [0.05, 0.1) is 18.9 Å². The third-order valence-electron chi connectivity index (χ3n) is 3.96. The molecule has 2 aliphatic heterocycles. The SMILES string of the molecule is Cc1cc(C)c2c(c1)C1(OCCCO1)C(=O)N2C(C)C. The van der Waals surface area contributed by atoms with Crippen molar-refractivity contribution in [3.05, 3.63) is 28.8 Å². The quantitative estimate of drug-likeness (QED) is 0.791. The highest BCUT2D eigenvalue weighted by molar-refractivity contribution is 6.07. The third-order valence-corrected chi connectivity index (χ3v) is 3.96. The summed E-state index contributed by atoms with van der Waals surface area (Å²) in [5.74, 6) is -1.30. The van der Waals surface area contributed by atoms with Crippen LogP contribution in [0.25, 0.3) is 0 Å². The van der Waals surface area contributed by atoms with Crippen molar-refractivity contribution in [1.82, 2.24) is 0 Å². The highest BCUT2D eigenvalue weighted by Gasteiger charge is 2.56. The van der Waals surface area contributed by atoms with E-state index in [9.17, 15) is 4.79 Å². The van der Waals surface area contributed by atoms with Crippen LogP contribution < -0.4 is 4.90 Å². The number of rotatable bonds is 1. The summed E-state index contributed by atoms with van der Waals surface area (Å²) in [5, 5.41) is 0. The zero-order valence-corrected chi connectivity index (χ0v) is 12.5. The molecular weight excluding hydrogens is 254 g/mol. The number of anilines is 1. The average Bonchev–Trinajstić information content (AvgIpc) is 2.62. The van der Waals surface area contributed by atoms with E-state index in [2.05, 4.69) is 6.07 Å². The molecule has 3 rings (SSSR count). The van der Waals surface area contributed by atoms with Crippen LogP contribution in [0.2, 0.25) is 0 Å². The van der Waals surface area contributed by atoms with Gasteiger partial charge in [0.25, 0.3) is 11.7 Å². The molecule has 1 aromatic carbocycles. The van der Waals surface area contributed by atoms with Crippen molar-refractivity contribution < 1.29 is 14.3 Å². The van der Waals surface area contributed by atoms with Gasteiger partial charge in [-0.15, -0.1) is 0 Å². The molecule has 1 amide bonds. The summed E-state index contributed by atoms with van der Waals surface area (Å²) in [6.07, 6.45) is 0.830. The monoisotopic (exact) mass is 275 g/mol. The van der Waals surface area contributed by atoms with Crippen molar-refractivity contribution in [1.29, 1.82) is 0 Å². The van der Waals surface area contributed by atoms with Crippen LogP contribution in [0.5, 0.6) is 0 Å². The summed E-state index contributed by atoms with van der Waals surface area (Å²) in [6, 6.07) is 4.20. The number of carbonyl (C=O) groups is 1. The smallest absolute Gasteiger partial charge is 0.292 e. The number of aryl methyl sites for hydroxylation is 2. The molecule has 20 heavy (non-hydrogen) atoms. The summed E-state index contributed by atoms with van der Waals surface area (Å²) in [5.41, 5.74) is 4.04. The Kier molecular flexibility index (Phi) is 3.10. The predicted molar refractivity (Wildman–Crippen MR) is 76.7 cm³/mol. The first-order valence-electron chi connectivity index (χ1n) is 7.20. The molecule has 0 saturated carbocycles. The minimum absolute atomic E-state index is 0.0798. The van der Waals surface area contributed by atoms with E-state index in [0.29, 0.717) is 13.2 Å². The van der Waals surface area contributed by atoms with E-state index < -0.39 is 5.79 Å². The molecular formula is C16H21NO3. The van der Waals surface area contributed by atoms with Gasteiger partial charge in [0.15, 0.2) is 0 Å². The predicted octanol–water partition coefficient (Wildman–Crippen LogP) is 2.65. The molecule has 1 aromatic rings. The fourth-order valence-corrected chi connectivity index (χ4v) is 3.21. The van der Waals surface area contributed by atoms with Gasteiger partial charge >= 0.3 is 0 Å². The molecule has 2 heterocycles. The Morgan fingerprint density at radius 2 is 1.85 bits per heavy atom. The largest absolute Gasteiger partial charge is 0.338 e. The average molecular weight is 275 g/mol. The van der Waals surface area contributed by atoms with Gasteiger partial charge in [-0.1, -0.05) is 11.6 Å². The molecule has 0 unspecified atom stereocenters. The molecule has 2 aliphatic rings. The van der Waals surface area contributed by atoms with Gasteiger partial charge < -0.3 is 14.4 Å². The Balaban J connectivity index is 2.24. The number of hydrogen-bond acceptors (Lipinski definition) is 3. The Morgan fingerprint density at radius 1 is 1.20 bits per heavy atom. The van der Waals surface area contributed by atoms with Crippen molar-refractivity contribution in [3.63, 3.8) is 0 Å². The lowest BCUT2D eigenvalue weighted by atomic mass is 10.00. The van der Waals surface area contributed by atoms with E-state index in [-0.39, 0.29) is 11.9 Å². The fraction of sp³-hybridized carbons (Fsp3) is 0.562. The van der Waals surface area contributed by atoms with Crippen molar-refractivity contribution in [2.24, 2.45) is 0 Å². The molecule has 4 nitrogen and oxygen atoms in total. The second-order valence-electron chi connectivity index (χ2n) is 5.91. The normalized spacial score (nSPS) is 20.9. The highest BCUT2D eigenvalue weighted by atomic mass is 16.7. The zero-order chi connectivity index (χ0) is 14.5. The Labute approximate surface area is 119 Å². The third kappa shape index (κ3) is 1.71. The van der Waals surface area contributed by atoms with Crippen LogP contribution in [0.4, 0.5) is 5.69 Å². The van der Waals surface area contributed by atoms with E-state index in [1.54, 1.807) is 0 Å². The van der Waals surface area contributed by atoms with E-state index in [1.165, 1.54) is 0 Å². The maximum atomic E-state index is 12.9. The van der Waals surface area contributed by atoms with Crippen LogP contribution in [0.3, 0.4) is 0 Å². The lowest BCUT2D eigenvalue weighted by Crippen LogP contribution is -2.48. The van der Waals surface area contributed by atoms with Gasteiger partial charge in [0, 0.05) is 11.6 Å². The molecule has 1 spiro atoms. The summed E-state index contributed by atoms with van der Waals surface area (Å²) in [7, 11) is 0. The molecule has 1 fully saturated rings. The fourth-order valence-electron chi connectivity index (χ4n) is 3.21. The van der Waals surface area contributed by atoms with Crippen LogP contribution in [0, 0.1) is 13.8 Å². The van der Waals surface area contributed by atoms with Gasteiger partial charge in [-0.3, -0.25) is 4.79 Å². The lowest BCUT2D eigenvalue weighted by molar-refractivity contribution is -0.257. The standard InChI is InChI=1S/C16H21NO3/c1-10(2)17-14-12(4)8-11(3)9-13(14)16(15(17)18)19-6-5-7-20-16/h8-10H,5-7H2,1-4H3. The molecule has 1 saturated heterocycles. The summed E-state index contributed by atoms with van der Waals surface area (Å²) >= 11 is 0. The molecule has 4 heteroatoms. The number of hydrogen-bond donors (Lipinski definition) is 0. The molecule has 0 N–H and O–H groups in total. The van der Waals surface area contributed by atoms with Gasteiger partial charge in [0.2, 0.25) is 0 Å². The number of carbonyl (C=O) groups excluding carboxylic acids is 1. The minimum Gasteiger partial charge on any atom is -0.338 e. The Bertz CT molecular complexity index is 559. The molecule has 0 radical (unpaired) electrons. The number of amides is 1. The number of fused-ring (bicyclic) bond motifs is 2. The first-order chi connectivity index (χ1) is 9.47. The van der Waals surface area contributed by atoms with Crippen LogP contribution >= 0.6 is 0 Å². The Morgan fingerprint density at radius 3 is 2.45 bits per heavy atom. The maximum Gasteiger partial charge on any atom is 0.292 e. The van der Waals surface area contributed by atoms with Crippen molar-refractivity contribution in [2.75, 3.05) is 18.1 Å². The van der Waals surface area contributed by atoms with Crippen molar-refractivity contribution in [2.45, 2.75) is 45.9 Å². The zero-order valence-electron chi connectivity index (χ0n) is 12.5. The van der Waals surface area contributed by atoms with Crippen LogP contribution in [0.15, 0.2) is 12.1 Å². The first-order valence-corrected chi connectivity index (χ1v) is 7.20. The highest BCUT2D eigenvalue weighted by Crippen LogP contribution is 2.47. The van der Waals surface area contributed by atoms with Crippen LogP contribution in [0.1, 0.15) is 37.0 Å². The summed E-state index contributed by atoms with van der Waals surface area (Å²) < 4.78 is 11.7. The number of benzene rings is 1. The topological polar surface area (TPSA) is 38.8 Å². The summed E-state index contributed by atoms with van der Waals surface area (Å²) in [4.78, 5) is 14.7. The molecule has 0 aromatic heterocycles. The number of ether oxygens (including phenoxy) is 2. The number of nitrogens with zero attached hydrogens (tertiary/aromatic N) is 1. The van der Waals surface area contributed by atoms with Gasteiger partial charge in [0.1, 0.15) is 0 Å². The molecule has 0 aliphatic carbocycles. The minimum atomic E-state index is -1.21. The van der Waals surface area contributed by atoms with Crippen LogP contribution in [-0.2, 0) is 20.1 Å². The van der Waals surface area contributed by atoms with Gasteiger partial charge in [-0.2, -0.15) is 0 Å². The second kappa shape index (κ2) is 4.57.